The molecule has 2 aromatic carbocycles. The van der Waals surface area contributed by atoms with E-state index in [1.54, 1.807) is 54.1 Å². The van der Waals surface area contributed by atoms with Crippen LogP contribution in [0.25, 0.3) is 5.69 Å². The molecule has 0 aliphatic carbocycles. The second-order valence-corrected chi connectivity index (χ2v) is 9.10. The van der Waals surface area contributed by atoms with Gasteiger partial charge in [0.25, 0.3) is 11.8 Å². The Labute approximate surface area is 208 Å². The number of amides is 2. The first-order valence-electron chi connectivity index (χ1n) is 11.6. The first-order valence-corrected chi connectivity index (χ1v) is 12.0. The van der Waals surface area contributed by atoms with Crippen LogP contribution in [-0.4, -0.2) is 59.2 Å². The van der Waals surface area contributed by atoms with Crippen molar-refractivity contribution in [2.24, 2.45) is 0 Å². The van der Waals surface area contributed by atoms with E-state index < -0.39 is 5.97 Å². The predicted molar refractivity (Wildman–Crippen MR) is 132 cm³/mol. The third-order valence-electron chi connectivity index (χ3n) is 6.46. The summed E-state index contributed by atoms with van der Waals surface area (Å²) < 4.78 is 6.66. The zero-order valence-electron chi connectivity index (χ0n) is 19.6. The zero-order chi connectivity index (χ0) is 24.7. The van der Waals surface area contributed by atoms with Crippen LogP contribution in [0.4, 0.5) is 5.69 Å². The number of benzene rings is 2. The van der Waals surface area contributed by atoms with E-state index in [9.17, 15) is 14.4 Å². The van der Waals surface area contributed by atoms with E-state index in [4.69, 9.17) is 16.3 Å². The van der Waals surface area contributed by atoms with Gasteiger partial charge in [-0.1, -0.05) is 23.7 Å². The topological polar surface area (TPSA) is 84.7 Å². The molecule has 2 amide bonds. The maximum atomic E-state index is 13.9. The van der Waals surface area contributed by atoms with Crippen molar-refractivity contribution in [1.82, 2.24) is 14.7 Å². The van der Waals surface area contributed by atoms with Crippen molar-refractivity contribution in [3.63, 3.8) is 0 Å². The normalized spacial score (nSPS) is 15.5. The first-order chi connectivity index (χ1) is 16.9. The number of halogens is 1. The van der Waals surface area contributed by atoms with Gasteiger partial charge in [0.1, 0.15) is 5.69 Å². The number of carbonyl (C=O) groups is 3. The molecule has 8 nitrogen and oxygen atoms in total. The van der Waals surface area contributed by atoms with E-state index in [0.717, 1.165) is 18.4 Å². The summed E-state index contributed by atoms with van der Waals surface area (Å²) in [4.78, 5) is 42.8. The van der Waals surface area contributed by atoms with Crippen molar-refractivity contribution in [2.75, 3.05) is 31.6 Å². The number of aryl methyl sites for hydroxylation is 1. The minimum absolute atomic E-state index is 0.0435. The van der Waals surface area contributed by atoms with Crippen molar-refractivity contribution in [3.8, 4) is 5.69 Å². The Morgan fingerprint density at radius 1 is 1.06 bits per heavy atom. The molecule has 3 aromatic rings. The van der Waals surface area contributed by atoms with Gasteiger partial charge in [0, 0.05) is 42.0 Å². The molecule has 0 unspecified atom stereocenters. The van der Waals surface area contributed by atoms with E-state index in [1.165, 1.54) is 4.68 Å². The fourth-order valence-electron chi connectivity index (χ4n) is 4.73. The zero-order valence-corrected chi connectivity index (χ0v) is 20.3. The van der Waals surface area contributed by atoms with Crippen molar-refractivity contribution in [3.05, 3.63) is 75.6 Å². The van der Waals surface area contributed by atoms with Crippen LogP contribution in [0, 0.1) is 0 Å². The summed E-state index contributed by atoms with van der Waals surface area (Å²) in [5.74, 6) is -0.911. The van der Waals surface area contributed by atoms with Gasteiger partial charge in [-0.3, -0.25) is 9.59 Å². The molecule has 9 heteroatoms. The van der Waals surface area contributed by atoms with Crippen LogP contribution in [0.2, 0.25) is 5.02 Å². The molecule has 0 N–H and O–H groups in total. The van der Waals surface area contributed by atoms with Gasteiger partial charge in [0.05, 0.1) is 12.3 Å². The molecular weight excluding hydrogens is 468 g/mol. The summed E-state index contributed by atoms with van der Waals surface area (Å²) in [6, 6.07) is 12.6. The molecule has 0 saturated carbocycles. The molecule has 5 rings (SSSR count). The Morgan fingerprint density at radius 3 is 2.66 bits per heavy atom. The molecule has 35 heavy (non-hydrogen) atoms. The van der Waals surface area contributed by atoms with Gasteiger partial charge in [0.2, 0.25) is 0 Å². The van der Waals surface area contributed by atoms with Crippen LogP contribution in [0.1, 0.15) is 55.8 Å². The van der Waals surface area contributed by atoms with Crippen molar-refractivity contribution >= 4 is 35.1 Å². The van der Waals surface area contributed by atoms with Crippen molar-refractivity contribution in [2.45, 2.75) is 26.2 Å². The smallest absolute Gasteiger partial charge is 0.359 e. The van der Waals surface area contributed by atoms with E-state index in [2.05, 4.69) is 5.10 Å². The van der Waals surface area contributed by atoms with Gasteiger partial charge < -0.3 is 14.5 Å². The third kappa shape index (κ3) is 4.08. The lowest BCUT2D eigenvalue weighted by atomic mass is 9.99. The molecule has 0 fully saturated rings. The lowest BCUT2D eigenvalue weighted by Gasteiger charge is -2.28. The molecule has 0 bridgehead atoms. The highest BCUT2D eigenvalue weighted by molar-refractivity contribution is 6.30. The molecular formula is C26H25ClN4O4. The minimum Gasteiger partial charge on any atom is -0.461 e. The lowest BCUT2D eigenvalue weighted by molar-refractivity contribution is 0.0517. The molecule has 1 aromatic heterocycles. The number of esters is 1. The average molecular weight is 493 g/mol. The number of anilines is 1. The Bertz CT molecular complexity index is 1350. The number of nitrogens with zero attached hydrogens (tertiary/aromatic N) is 4. The SMILES string of the molecule is CCOC(=O)c1nn(-c2cccc(Cl)c2)c2c1CCN(c1ccc3c(c1)C(=O)N(C)CCC3)C2=O. The highest BCUT2D eigenvalue weighted by Crippen LogP contribution is 2.31. The van der Waals surface area contributed by atoms with Crippen LogP contribution in [0.15, 0.2) is 42.5 Å². The molecule has 0 spiro atoms. The monoisotopic (exact) mass is 492 g/mol. The maximum Gasteiger partial charge on any atom is 0.359 e. The van der Waals surface area contributed by atoms with Gasteiger partial charge in [-0.25, -0.2) is 9.48 Å². The predicted octanol–water partition coefficient (Wildman–Crippen LogP) is 3.92. The summed E-state index contributed by atoms with van der Waals surface area (Å²) in [7, 11) is 1.79. The van der Waals surface area contributed by atoms with E-state index in [0.29, 0.717) is 52.7 Å². The number of rotatable bonds is 4. The molecule has 3 heterocycles. The number of carbonyl (C=O) groups excluding carboxylic acids is 3. The fraction of sp³-hybridized carbons (Fsp3) is 0.308. The van der Waals surface area contributed by atoms with Crippen molar-refractivity contribution < 1.29 is 19.1 Å². The van der Waals surface area contributed by atoms with Gasteiger partial charge in [-0.2, -0.15) is 5.10 Å². The molecule has 2 aliphatic heterocycles. The van der Waals surface area contributed by atoms with Crippen LogP contribution in [-0.2, 0) is 17.6 Å². The Kier molecular flexibility index (Phi) is 6.06. The summed E-state index contributed by atoms with van der Waals surface area (Å²) in [5, 5.41) is 4.96. The molecule has 180 valence electrons. The van der Waals surface area contributed by atoms with Gasteiger partial charge in [-0.15, -0.1) is 0 Å². The van der Waals surface area contributed by atoms with Crippen LogP contribution in [0.3, 0.4) is 0 Å². The summed E-state index contributed by atoms with van der Waals surface area (Å²) >= 11 is 6.20. The quantitative estimate of drug-likeness (QED) is 0.515. The van der Waals surface area contributed by atoms with Crippen LogP contribution >= 0.6 is 11.6 Å². The van der Waals surface area contributed by atoms with Gasteiger partial charge in [-0.05, 0) is 62.1 Å². The molecule has 0 saturated heterocycles. The van der Waals surface area contributed by atoms with Gasteiger partial charge >= 0.3 is 5.97 Å². The second kappa shape index (κ2) is 9.19. The first kappa shape index (κ1) is 23.1. The lowest BCUT2D eigenvalue weighted by Crippen LogP contribution is -2.39. The number of hydrogen-bond acceptors (Lipinski definition) is 5. The standard InChI is InChI=1S/C26H25ClN4O4/c1-3-35-26(34)22-20-11-13-30(18-10-9-16-6-5-12-29(2)24(32)21(16)15-18)25(33)23(20)31(28-22)19-8-4-7-17(27)14-19/h4,7-10,14-15H,3,5-6,11-13H2,1-2H3. The largest absolute Gasteiger partial charge is 0.461 e. The number of hydrogen-bond donors (Lipinski definition) is 0. The van der Waals surface area contributed by atoms with Crippen LogP contribution in [0.5, 0.6) is 0 Å². The average Bonchev–Trinajstić information content (AvgIpc) is 3.18. The van der Waals surface area contributed by atoms with E-state index in [-0.39, 0.29) is 24.1 Å². The third-order valence-corrected chi connectivity index (χ3v) is 6.70. The van der Waals surface area contributed by atoms with E-state index >= 15 is 0 Å². The molecule has 0 radical (unpaired) electrons. The number of ether oxygens (including phenoxy) is 1. The van der Waals surface area contributed by atoms with Gasteiger partial charge in [0.15, 0.2) is 5.69 Å². The molecule has 2 aliphatic rings. The number of fused-ring (bicyclic) bond motifs is 2. The van der Waals surface area contributed by atoms with Crippen molar-refractivity contribution in [1.29, 1.82) is 0 Å². The van der Waals surface area contributed by atoms with Crippen LogP contribution < -0.4 is 4.90 Å². The minimum atomic E-state index is -0.565. The fourth-order valence-corrected chi connectivity index (χ4v) is 4.91. The Morgan fingerprint density at radius 2 is 1.89 bits per heavy atom. The Balaban J connectivity index is 1.60. The summed E-state index contributed by atoms with van der Waals surface area (Å²) in [6.45, 7) is 2.98. The Hall–Kier alpha value is -3.65. The summed E-state index contributed by atoms with van der Waals surface area (Å²) in [5.41, 5.74) is 3.79. The maximum absolute atomic E-state index is 13.9. The second-order valence-electron chi connectivity index (χ2n) is 8.67. The van der Waals surface area contributed by atoms with E-state index in [1.807, 2.05) is 12.1 Å². The molecule has 0 atom stereocenters. The summed E-state index contributed by atoms with van der Waals surface area (Å²) in [6.07, 6.45) is 2.13. The number of aromatic nitrogens is 2. The highest BCUT2D eigenvalue weighted by atomic mass is 35.5. The highest BCUT2D eigenvalue weighted by Gasteiger charge is 2.36.